The van der Waals surface area contributed by atoms with E-state index in [1.165, 1.54) is 11.6 Å². The Morgan fingerprint density at radius 3 is 2.83 bits per heavy atom. The lowest BCUT2D eigenvalue weighted by Crippen LogP contribution is -2.48. The summed E-state index contributed by atoms with van der Waals surface area (Å²) in [5, 5.41) is 0.892. The van der Waals surface area contributed by atoms with Crippen LogP contribution in [0.2, 0.25) is 0 Å². The Morgan fingerprint density at radius 1 is 1.14 bits per heavy atom. The maximum atomic E-state index is 11.5. The van der Waals surface area contributed by atoms with Crippen LogP contribution >= 0.6 is 0 Å². The van der Waals surface area contributed by atoms with Gasteiger partial charge < -0.3 is 18.6 Å². The Labute approximate surface area is 170 Å². The highest BCUT2D eigenvalue weighted by atomic mass is 16.6. The van der Waals surface area contributed by atoms with Crippen molar-refractivity contribution in [2.45, 2.75) is 44.8 Å². The smallest absolute Gasteiger partial charge is 0.336 e. The molecule has 1 aliphatic heterocycles. The first-order valence-corrected chi connectivity index (χ1v) is 9.95. The summed E-state index contributed by atoms with van der Waals surface area (Å²) in [5.74, 6) is 1.64. The molecule has 2 aromatic carbocycles. The molecule has 0 saturated carbocycles. The highest BCUT2D eigenvalue weighted by Gasteiger charge is 2.38. The Bertz CT molecular complexity index is 1070. The molecule has 4 rings (SSSR count). The predicted molar refractivity (Wildman–Crippen MR) is 112 cm³/mol. The van der Waals surface area contributed by atoms with E-state index in [0.29, 0.717) is 12.2 Å². The molecular formula is C24H26O5. The normalized spacial score (nSPS) is 17.6. The van der Waals surface area contributed by atoms with E-state index in [9.17, 15) is 4.79 Å². The first kappa shape index (κ1) is 19.5. The molecule has 0 bridgehead atoms. The molecule has 3 aromatic rings. The maximum absolute atomic E-state index is 11.5. The van der Waals surface area contributed by atoms with E-state index in [4.69, 9.17) is 18.6 Å². The Hall–Kier alpha value is -2.79. The van der Waals surface area contributed by atoms with E-state index in [2.05, 4.69) is 12.1 Å². The molecule has 152 valence electrons. The summed E-state index contributed by atoms with van der Waals surface area (Å²) in [4.78, 5) is 11.5. The van der Waals surface area contributed by atoms with Crippen molar-refractivity contribution in [2.75, 3.05) is 13.7 Å². The lowest BCUT2D eigenvalue weighted by Gasteiger charge is -2.39. The summed E-state index contributed by atoms with van der Waals surface area (Å²) in [6.45, 7) is 4.73. The number of aryl methyl sites for hydroxylation is 1. The quantitative estimate of drug-likeness (QED) is 0.454. The molecule has 0 unspecified atom stereocenters. The molecule has 0 N–H and O–H groups in total. The number of benzene rings is 2. The van der Waals surface area contributed by atoms with Gasteiger partial charge in [-0.3, -0.25) is 0 Å². The molecule has 5 nitrogen and oxygen atoms in total. The van der Waals surface area contributed by atoms with Crippen molar-refractivity contribution in [1.82, 2.24) is 0 Å². The van der Waals surface area contributed by atoms with Gasteiger partial charge in [0.15, 0.2) is 0 Å². The van der Waals surface area contributed by atoms with E-state index in [0.717, 1.165) is 41.7 Å². The third kappa shape index (κ3) is 4.30. The summed E-state index contributed by atoms with van der Waals surface area (Å²) < 4.78 is 23.0. The highest BCUT2D eigenvalue weighted by Crippen LogP contribution is 2.37. The molecule has 1 atom stereocenters. The largest absolute Gasteiger partial charge is 0.497 e. The third-order valence-electron chi connectivity index (χ3n) is 5.42. The minimum absolute atomic E-state index is 0.0477. The lowest BCUT2D eigenvalue weighted by molar-refractivity contribution is -0.0839. The average Bonchev–Trinajstić information content (AvgIpc) is 2.70. The average molecular weight is 394 g/mol. The summed E-state index contributed by atoms with van der Waals surface area (Å²) >= 11 is 0. The van der Waals surface area contributed by atoms with Crippen molar-refractivity contribution in [2.24, 2.45) is 0 Å². The molecular weight excluding hydrogens is 368 g/mol. The van der Waals surface area contributed by atoms with E-state index in [1.54, 1.807) is 13.2 Å². The Kier molecular flexibility index (Phi) is 5.33. The van der Waals surface area contributed by atoms with Crippen molar-refractivity contribution >= 4 is 11.0 Å². The second-order valence-corrected chi connectivity index (χ2v) is 7.98. The molecule has 2 heterocycles. The van der Waals surface area contributed by atoms with Crippen molar-refractivity contribution in [3.8, 4) is 11.5 Å². The van der Waals surface area contributed by atoms with Crippen molar-refractivity contribution < 1.29 is 18.6 Å². The zero-order valence-corrected chi connectivity index (χ0v) is 17.1. The van der Waals surface area contributed by atoms with Crippen LogP contribution in [0.15, 0.2) is 57.7 Å². The monoisotopic (exact) mass is 394 g/mol. The van der Waals surface area contributed by atoms with Crippen LogP contribution in [0, 0.1) is 0 Å². The zero-order chi connectivity index (χ0) is 20.4. The van der Waals surface area contributed by atoms with Crippen LogP contribution in [0.5, 0.6) is 11.5 Å². The van der Waals surface area contributed by atoms with Gasteiger partial charge >= 0.3 is 5.63 Å². The Balaban J connectivity index is 1.42. The van der Waals surface area contributed by atoms with Gasteiger partial charge in [-0.15, -0.1) is 0 Å². The first-order valence-electron chi connectivity index (χ1n) is 9.95. The number of hydrogen-bond donors (Lipinski definition) is 0. The third-order valence-corrected chi connectivity index (χ3v) is 5.42. The van der Waals surface area contributed by atoms with Crippen molar-refractivity contribution in [3.63, 3.8) is 0 Å². The van der Waals surface area contributed by atoms with Crippen molar-refractivity contribution in [1.29, 1.82) is 0 Å². The molecule has 29 heavy (non-hydrogen) atoms. The zero-order valence-electron chi connectivity index (χ0n) is 17.1. The van der Waals surface area contributed by atoms with E-state index in [-0.39, 0.29) is 11.7 Å². The summed E-state index contributed by atoms with van der Waals surface area (Å²) in [6.07, 6.45) is 2.57. The van der Waals surface area contributed by atoms with Gasteiger partial charge in [0.1, 0.15) is 28.8 Å². The molecule has 0 saturated heterocycles. The number of methoxy groups -OCH3 is 1. The second-order valence-electron chi connectivity index (χ2n) is 7.98. The van der Waals surface area contributed by atoms with Crippen LogP contribution in [0.1, 0.15) is 31.4 Å². The van der Waals surface area contributed by atoms with Gasteiger partial charge in [-0.05, 0) is 62.1 Å². The van der Waals surface area contributed by atoms with Gasteiger partial charge in [0.25, 0.3) is 0 Å². The number of hydrogen-bond acceptors (Lipinski definition) is 5. The summed E-state index contributed by atoms with van der Waals surface area (Å²) in [6, 6.07) is 15.2. The van der Waals surface area contributed by atoms with E-state index < -0.39 is 5.60 Å². The van der Waals surface area contributed by atoms with E-state index in [1.807, 2.05) is 38.1 Å². The molecule has 1 aliphatic rings. The lowest BCUT2D eigenvalue weighted by atomic mass is 9.90. The van der Waals surface area contributed by atoms with Gasteiger partial charge in [-0.25, -0.2) is 4.79 Å². The van der Waals surface area contributed by atoms with Crippen molar-refractivity contribution in [3.05, 3.63) is 70.1 Å². The number of rotatable bonds is 6. The fraction of sp³-hybridized carbons (Fsp3) is 0.375. The van der Waals surface area contributed by atoms with Crippen LogP contribution in [0.25, 0.3) is 11.0 Å². The van der Waals surface area contributed by atoms with Gasteiger partial charge in [-0.1, -0.05) is 12.1 Å². The van der Waals surface area contributed by atoms with Crippen LogP contribution < -0.4 is 15.1 Å². The van der Waals surface area contributed by atoms with Crippen LogP contribution in [0.4, 0.5) is 0 Å². The topological polar surface area (TPSA) is 57.9 Å². The van der Waals surface area contributed by atoms with Gasteiger partial charge in [0.05, 0.1) is 7.11 Å². The van der Waals surface area contributed by atoms with Crippen LogP contribution in [0.3, 0.4) is 0 Å². The minimum Gasteiger partial charge on any atom is -0.497 e. The van der Waals surface area contributed by atoms with Gasteiger partial charge in [0.2, 0.25) is 0 Å². The number of ether oxygens (including phenoxy) is 3. The van der Waals surface area contributed by atoms with Crippen LogP contribution in [-0.2, 0) is 17.6 Å². The number of fused-ring (bicyclic) bond motifs is 2. The fourth-order valence-electron chi connectivity index (χ4n) is 3.78. The second kappa shape index (κ2) is 7.91. The summed E-state index contributed by atoms with van der Waals surface area (Å²) in [5.41, 5.74) is 2.04. The standard InChI is InChI=1S/C24H26O5/c1-24(2)22(27-11-5-7-16-6-4-8-19(12-16)26-3)14-18-13-17-9-10-23(25)28-20(17)15-21(18)29-24/h4,6,8-10,12-13,15,22H,5,7,11,14H2,1-3H3/t22-/m0/s1. The molecule has 5 heteroatoms. The summed E-state index contributed by atoms with van der Waals surface area (Å²) in [7, 11) is 1.68. The molecule has 0 fully saturated rings. The molecule has 0 aliphatic carbocycles. The van der Waals surface area contributed by atoms with Gasteiger partial charge in [0, 0.05) is 30.5 Å². The fourth-order valence-corrected chi connectivity index (χ4v) is 3.78. The Morgan fingerprint density at radius 2 is 2.00 bits per heavy atom. The molecule has 0 radical (unpaired) electrons. The maximum Gasteiger partial charge on any atom is 0.336 e. The molecule has 0 amide bonds. The first-order chi connectivity index (χ1) is 13.9. The van der Waals surface area contributed by atoms with Gasteiger partial charge in [-0.2, -0.15) is 0 Å². The minimum atomic E-state index is -0.467. The molecule has 1 aromatic heterocycles. The predicted octanol–water partition coefficient (Wildman–Crippen LogP) is 4.53. The van der Waals surface area contributed by atoms with Crippen LogP contribution in [-0.4, -0.2) is 25.4 Å². The molecule has 0 spiro atoms. The van der Waals surface area contributed by atoms with E-state index >= 15 is 0 Å². The highest BCUT2D eigenvalue weighted by molar-refractivity contribution is 5.79. The SMILES string of the molecule is COc1cccc(CCCO[C@H]2Cc3cc4ccc(=O)oc4cc3OC2(C)C)c1.